The molecule has 0 saturated carbocycles. The minimum absolute atomic E-state index is 0.0205. The summed E-state index contributed by atoms with van der Waals surface area (Å²) in [5.41, 5.74) is 1.21. The number of carbonyl (C=O) groups is 2. The average Bonchev–Trinajstić information content (AvgIpc) is 2.59. The zero-order valence-corrected chi connectivity index (χ0v) is 10.7. The summed E-state index contributed by atoms with van der Waals surface area (Å²) >= 11 is 0. The average molecular weight is 238 g/mol. The van der Waals surface area contributed by atoms with E-state index < -0.39 is 0 Å². The van der Waals surface area contributed by atoms with Gasteiger partial charge >= 0.3 is 5.97 Å². The first-order chi connectivity index (χ1) is 7.95. The largest absolute Gasteiger partial charge is 0.490 e. The van der Waals surface area contributed by atoms with Gasteiger partial charge in [-0.3, -0.25) is 4.79 Å². The Bertz CT molecular complexity index is 390. The van der Waals surface area contributed by atoms with Gasteiger partial charge in [-0.15, -0.1) is 0 Å². The fourth-order valence-electron chi connectivity index (χ4n) is 1.76. The van der Waals surface area contributed by atoms with Crippen LogP contribution >= 0.6 is 0 Å². The van der Waals surface area contributed by atoms with Crippen LogP contribution in [0.4, 0.5) is 0 Å². The molecule has 0 spiro atoms. The standard InChI is InChI=1S/C13H18O4/c1-5-16-13(15)8(2)6-11-7-12(9(3)14)10(4)17-11/h6,11H,5,7H2,1-4H3/b8-6+. The number of esters is 1. The van der Waals surface area contributed by atoms with Gasteiger partial charge in [0.05, 0.1) is 6.61 Å². The van der Waals surface area contributed by atoms with Gasteiger partial charge in [-0.25, -0.2) is 4.79 Å². The molecule has 0 radical (unpaired) electrons. The maximum Gasteiger partial charge on any atom is 0.333 e. The number of carbonyl (C=O) groups excluding carboxylic acids is 2. The van der Waals surface area contributed by atoms with Crippen molar-refractivity contribution in [2.24, 2.45) is 0 Å². The monoisotopic (exact) mass is 238 g/mol. The Balaban J connectivity index is 2.66. The lowest BCUT2D eigenvalue weighted by atomic mass is 10.1. The SMILES string of the molecule is CCOC(=O)/C(C)=C/C1CC(C(C)=O)=C(C)O1. The zero-order chi connectivity index (χ0) is 13.0. The van der Waals surface area contributed by atoms with Crippen LogP contribution in [0.3, 0.4) is 0 Å². The van der Waals surface area contributed by atoms with Crippen molar-refractivity contribution in [3.8, 4) is 0 Å². The zero-order valence-electron chi connectivity index (χ0n) is 10.7. The van der Waals surface area contributed by atoms with Crippen LogP contribution in [0.1, 0.15) is 34.1 Å². The molecule has 4 heteroatoms. The second-order valence-electron chi connectivity index (χ2n) is 4.02. The predicted molar refractivity (Wildman–Crippen MR) is 63.3 cm³/mol. The number of rotatable bonds is 4. The van der Waals surface area contributed by atoms with E-state index in [-0.39, 0.29) is 17.9 Å². The van der Waals surface area contributed by atoms with Gasteiger partial charge < -0.3 is 9.47 Å². The highest BCUT2D eigenvalue weighted by Crippen LogP contribution is 2.26. The molecule has 0 aromatic rings. The number of Topliss-reactive ketones (excluding diaryl/α,β-unsaturated/α-hetero) is 1. The molecule has 1 heterocycles. The summed E-state index contributed by atoms with van der Waals surface area (Å²) in [6.07, 6.45) is 1.99. The van der Waals surface area contributed by atoms with Gasteiger partial charge in [-0.1, -0.05) is 0 Å². The number of allylic oxidation sites excluding steroid dienone is 1. The van der Waals surface area contributed by atoms with Crippen LogP contribution in [0, 0.1) is 0 Å². The second kappa shape index (κ2) is 5.66. The topological polar surface area (TPSA) is 52.6 Å². The third kappa shape index (κ3) is 3.44. The van der Waals surface area contributed by atoms with Gasteiger partial charge in [-0.2, -0.15) is 0 Å². The number of ether oxygens (including phenoxy) is 2. The van der Waals surface area contributed by atoms with Crippen molar-refractivity contribution in [2.75, 3.05) is 6.61 Å². The predicted octanol–water partition coefficient (Wildman–Crippen LogP) is 2.15. The highest BCUT2D eigenvalue weighted by molar-refractivity contribution is 5.94. The van der Waals surface area contributed by atoms with Crippen molar-refractivity contribution in [3.63, 3.8) is 0 Å². The fourth-order valence-corrected chi connectivity index (χ4v) is 1.76. The summed E-state index contributed by atoms with van der Waals surface area (Å²) in [4.78, 5) is 22.7. The van der Waals surface area contributed by atoms with E-state index in [2.05, 4.69) is 0 Å². The summed E-state index contributed by atoms with van der Waals surface area (Å²) in [6, 6.07) is 0. The van der Waals surface area contributed by atoms with Crippen LogP contribution in [0.5, 0.6) is 0 Å². The Kier molecular flexibility index (Phi) is 4.49. The fraction of sp³-hybridized carbons (Fsp3) is 0.538. The highest BCUT2D eigenvalue weighted by Gasteiger charge is 2.24. The van der Waals surface area contributed by atoms with E-state index in [1.807, 2.05) is 0 Å². The molecule has 0 N–H and O–H groups in total. The summed E-state index contributed by atoms with van der Waals surface area (Å²) < 4.78 is 10.4. The summed E-state index contributed by atoms with van der Waals surface area (Å²) in [6.45, 7) is 7.08. The second-order valence-corrected chi connectivity index (χ2v) is 4.02. The molecular weight excluding hydrogens is 220 g/mol. The Labute approximate surface area is 101 Å². The molecule has 0 aromatic carbocycles. The minimum Gasteiger partial charge on any atom is -0.490 e. The normalized spacial score (nSPS) is 20.2. The molecule has 17 heavy (non-hydrogen) atoms. The molecule has 1 aliphatic heterocycles. The Hall–Kier alpha value is -1.58. The molecule has 1 rings (SSSR count). The van der Waals surface area contributed by atoms with E-state index in [0.29, 0.717) is 29.9 Å². The van der Waals surface area contributed by atoms with Crippen LogP contribution in [0.15, 0.2) is 23.0 Å². The molecule has 1 aliphatic rings. The Morgan fingerprint density at radius 1 is 1.47 bits per heavy atom. The first-order valence-electron chi connectivity index (χ1n) is 5.68. The van der Waals surface area contributed by atoms with Crippen molar-refractivity contribution in [1.82, 2.24) is 0 Å². The van der Waals surface area contributed by atoms with Crippen LogP contribution in [0.2, 0.25) is 0 Å². The smallest absolute Gasteiger partial charge is 0.333 e. The van der Waals surface area contributed by atoms with Gasteiger partial charge in [0.2, 0.25) is 0 Å². The highest BCUT2D eigenvalue weighted by atomic mass is 16.5. The molecule has 0 aliphatic carbocycles. The van der Waals surface area contributed by atoms with Crippen molar-refractivity contribution in [2.45, 2.75) is 40.2 Å². The van der Waals surface area contributed by atoms with Crippen molar-refractivity contribution in [3.05, 3.63) is 23.0 Å². The maximum atomic E-state index is 11.4. The van der Waals surface area contributed by atoms with E-state index in [9.17, 15) is 9.59 Å². The first-order valence-corrected chi connectivity index (χ1v) is 5.68. The van der Waals surface area contributed by atoms with E-state index in [4.69, 9.17) is 9.47 Å². The van der Waals surface area contributed by atoms with Gasteiger partial charge in [0.15, 0.2) is 5.78 Å². The maximum absolute atomic E-state index is 11.4. The molecule has 0 fully saturated rings. The number of hydrogen-bond acceptors (Lipinski definition) is 4. The summed E-state index contributed by atoms with van der Waals surface area (Å²) in [7, 11) is 0. The van der Waals surface area contributed by atoms with Gasteiger partial charge in [0.1, 0.15) is 11.9 Å². The molecule has 0 amide bonds. The molecule has 0 aromatic heterocycles. The minimum atomic E-state index is -0.343. The molecule has 1 atom stereocenters. The first kappa shape index (κ1) is 13.5. The summed E-state index contributed by atoms with van der Waals surface area (Å²) in [5, 5.41) is 0. The lowest BCUT2D eigenvalue weighted by Gasteiger charge is -2.08. The van der Waals surface area contributed by atoms with E-state index in [1.165, 1.54) is 6.92 Å². The third-order valence-electron chi connectivity index (χ3n) is 2.62. The lowest BCUT2D eigenvalue weighted by Crippen LogP contribution is -2.10. The molecule has 0 saturated heterocycles. The molecule has 0 bridgehead atoms. The van der Waals surface area contributed by atoms with Crippen LogP contribution in [0.25, 0.3) is 0 Å². The van der Waals surface area contributed by atoms with Crippen molar-refractivity contribution < 1.29 is 19.1 Å². The van der Waals surface area contributed by atoms with Crippen LogP contribution in [-0.4, -0.2) is 24.5 Å². The number of hydrogen-bond donors (Lipinski definition) is 0. The van der Waals surface area contributed by atoms with Crippen molar-refractivity contribution in [1.29, 1.82) is 0 Å². The van der Waals surface area contributed by atoms with Crippen LogP contribution in [-0.2, 0) is 19.1 Å². The third-order valence-corrected chi connectivity index (χ3v) is 2.62. The van der Waals surface area contributed by atoms with E-state index in [0.717, 1.165) is 0 Å². The quantitative estimate of drug-likeness (QED) is 0.556. The van der Waals surface area contributed by atoms with Gasteiger partial charge in [-0.05, 0) is 33.8 Å². The molecule has 94 valence electrons. The molecule has 4 nitrogen and oxygen atoms in total. The van der Waals surface area contributed by atoms with Crippen LogP contribution < -0.4 is 0 Å². The van der Waals surface area contributed by atoms with Gasteiger partial charge in [0.25, 0.3) is 0 Å². The summed E-state index contributed by atoms with van der Waals surface area (Å²) in [5.74, 6) is 0.327. The number of ketones is 1. The Morgan fingerprint density at radius 2 is 2.12 bits per heavy atom. The van der Waals surface area contributed by atoms with Crippen molar-refractivity contribution >= 4 is 11.8 Å². The van der Waals surface area contributed by atoms with E-state index >= 15 is 0 Å². The van der Waals surface area contributed by atoms with Gasteiger partial charge in [0, 0.05) is 17.6 Å². The lowest BCUT2D eigenvalue weighted by molar-refractivity contribution is -0.138. The van der Waals surface area contributed by atoms with E-state index in [1.54, 1.807) is 26.8 Å². The Morgan fingerprint density at radius 3 is 2.59 bits per heavy atom. The molecular formula is C13H18O4. The molecule has 1 unspecified atom stereocenters.